The van der Waals surface area contributed by atoms with Gasteiger partial charge in [0, 0.05) is 13.0 Å². The fraction of sp³-hybridized carbons (Fsp3) is 0.818. The summed E-state index contributed by atoms with van der Waals surface area (Å²) in [7, 11) is 0. The lowest BCUT2D eigenvalue weighted by Gasteiger charge is -2.28. The number of imide groups is 1. The Morgan fingerprint density at radius 1 is 1.33 bits per heavy atom. The van der Waals surface area contributed by atoms with E-state index in [-0.39, 0.29) is 11.8 Å². The Bertz CT molecular complexity index is 241. The number of carbonyl (C=O) groups is 2. The van der Waals surface area contributed by atoms with Crippen LogP contribution in [-0.2, 0) is 9.59 Å². The quantitative estimate of drug-likeness (QED) is 0.547. The predicted octanol–water partition coefficient (Wildman–Crippen LogP) is 1.04. The van der Waals surface area contributed by atoms with E-state index in [1.165, 1.54) is 4.90 Å². The van der Waals surface area contributed by atoms with Gasteiger partial charge in [-0.1, -0.05) is 26.2 Å². The molecule has 0 spiro atoms. The smallest absolute Gasteiger partial charge is 0.246 e. The molecule has 1 atom stereocenters. The van der Waals surface area contributed by atoms with Gasteiger partial charge in [-0.2, -0.15) is 0 Å². The number of likely N-dealkylation sites (tertiary alicyclic amines) is 1. The van der Waals surface area contributed by atoms with E-state index in [0.717, 1.165) is 25.7 Å². The summed E-state index contributed by atoms with van der Waals surface area (Å²) in [6.07, 6.45) is 5.20. The molecule has 1 saturated heterocycles. The maximum atomic E-state index is 11.6. The minimum Gasteiger partial charge on any atom is -0.320 e. The molecule has 0 aliphatic carbocycles. The molecule has 15 heavy (non-hydrogen) atoms. The molecule has 1 heterocycles. The van der Waals surface area contributed by atoms with Crippen LogP contribution in [0.5, 0.6) is 0 Å². The van der Waals surface area contributed by atoms with Gasteiger partial charge in [-0.3, -0.25) is 14.5 Å². The molecule has 0 aromatic heterocycles. The van der Waals surface area contributed by atoms with E-state index in [4.69, 9.17) is 5.73 Å². The van der Waals surface area contributed by atoms with Gasteiger partial charge < -0.3 is 5.73 Å². The first kappa shape index (κ1) is 12.2. The maximum Gasteiger partial charge on any atom is 0.246 e. The fourth-order valence-electron chi connectivity index (χ4n) is 1.79. The summed E-state index contributed by atoms with van der Waals surface area (Å²) < 4.78 is 0. The van der Waals surface area contributed by atoms with Crippen LogP contribution in [0.1, 0.15) is 45.4 Å². The highest BCUT2D eigenvalue weighted by molar-refractivity contribution is 6.00. The lowest BCUT2D eigenvalue weighted by Crippen LogP contribution is -2.51. The monoisotopic (exact) mass is 212 g/mol. The molecule has 2 N–H and O–H groups in total. The number of nitrogens with zero attached hydrogens (tertiary/aromatic N) is 1. The Hall–Kier alpha value is -0.900. The van der Waals surface area contributed by atoms with Crippen molar-refractivity contribution in [2.45, 2.75) is 51.5 Å². The molecular formula is C11H20N2O2. The van der Waals surface area contributed by atoms with E-state index in [0.29, 0.717) is 19.4 Å². The van der Waals surface area contributed by atoms with Gasteiger partial charge in [-0.05, 0) is 12.8 Å². The molecule has 2 amide bonds. The number of hydrogen-bond donors (Lipinski definition) is 1. The molecule has 4 nitrogen and oxygen atoms in total. The minimum atomic E-state index is -0.464. The highest BCUT2D eigenvalue weighted by Crippen LogP contribution is 2.13. The van der Waals surface area contributed by atoms with Gasteiger partial charge in [0.25, 0.3) is 0 Å². The van der Waals surface area contributed by atoms with E-state index in [9.17, 15) is 9.59 Å². The van der Waals surface area contributed by atoms with Crippen molar-refractivity contribution in [2.75, 3.05) is 6.54 Å². The van der Waals surface area contributed by atoms with Crippen LogP contribution in [-0.4, -0.2) is 29.3 Å². The summed E-state index contributed by atoms with van der Waals surface area (Å²) in [5, 5.41) is 0. The van der Waals surface area contributed by atoms with Crippen molar-refractivity contribution in [1.82, 2.24) is 4.90 Å². The van der Waals surface area contributed by atoms with Gasteiger partial charge in [0.15, 0.2) is 0 Å². The molecule has 0 saturated carbocycles. The molecule has 0 unspecified atom stereocenters. The van der Waals surface area contributed by atoms with Crippen LogP contribution < -0.4 is 5.73 Å². The van der Waals surface area contributed by atoms with Gasteiger partial charge in [0.05, 0.1) is 6.04 Å². The van der Waals surface area contributed by atoms with Gasteiger partial charge in [-0.15, -0.1) is 0 Å². The van der Waals surface area contributed by atoms with Crippen LogP contribution in [0.15, 0.2) is 0 Å². The summed E-state index contributed by atoms with van der Waals surface area (Å²) in [5.74, 6) is -0.249. The van der Waals surface area contributed by atoms with Crippen LogP contribution in [0.25, 0.3) is 0 Å². The van der Waals surface area contributed by atoms with E-state index in [2.05, 4.69) is 6.92 Å². The Labute approximate surface area is 90.8 Å². The fourth-order valence-corrected chi connectivity index (χ4v) is 1.79. The summed E-state index contributed by atoms with van der Waals surface area (Å²) in [6.45, 7) is 2.68. The van der Waals surface area contributed by atoms with Crippen molar-refractivity contribution in [3.8, 4) is 0 Å². The van der Waals surface area contributed by atoms with E-state index >= 15 is 0 Å². The average Bonchev–Trinajstić information content (AvgIpc) is 2.23. The molecule has 1 aliphatic heterocycles. The van der Waals surface area contributed by atoms with Crippen LogP contribution in [0, 0.1) is 0 Å². The number of piperidine rings is 1. The van der Waals surface area contributed by atoms with Crippen LogP contribution in [0.2, 0.25) is 0 Å². The second kappa shape index (κ2) is 5.85. The number of hydrogen-bond acceptors (Lipinski definition) is 3. The second-order valence-electron chi connectivity index (χ2n) is 4.09. The van der Waals surface area contributed by atoms with Crippen molar-refractivity contribution in [2.24, 2.45) is 5.73 Å². The number of nitrogens with two attached hydrogens (primary N) is 1. The van der Waals surface area contributed by atoms with Crippen molar-refractivity contribution in [3.63, 3.8) is 0 Å². The topological polar surface area (TPSA) is 63.4 Å². The van der Waals surface area contributed by atoms with Gasteiger partial charge in [-0.25, -0.2) is 0 Å². The SMILES string of the molecule is CCCCCCN1C(=O)CC[C@H](N)C1=O. The third-order valence-electron chi connectivity index (χ3n) is 2.79. The molecular weight excluding hydrogens is 192 g/mol. The lowest BCUT2D eigenvalue weighted by atomic mass is 10.0. The van der Waals surface area contributed by atoms with E-state index in [1.54, 1.807) is 0 Å². The standard InChI is InChI=1S/C11H20N2O2/c1-2-3-4-5-8-13-10(14)7-6-9(12)11(13)15/h9H,2-8,12H2,1H3/t9-/m0/s1. The van der Waals surface area contributed by atoms with Crippen molar-refractivity contribution >= 4 is 11.8 Å². The Balaban J connectivity index is 2.36. The Kier molecular flexibility index (Phi) is 4.75. The van der Waals surface area contributed by atoms with Gasteiger partial charge >= 0.3 is 0 Å². The first-order chi connectivity index (χ1) is 7.16. The molecule has 1 fully saturated rings. The third-order valence-corrected chi connectivity index (χ3v) is 2.79. The Morgan fingerprint density at radius 2 is 2.07 bits per heavy atom. The van der Waals surface area contributed by atoms with Crippen molar-refractivity contribution in [3.05, 3.63) is 0 Å². The zero-order valence-corrected chi connectivity index (χ0v) is 9.37. The predicted molar refractivity (Wildman–Crippen MR) is 58.1 cm³/mol. The summed E-state index contributed by atoms with van der Waals surface area (Å²) >= 11 is 0. The molecule has 1 aliphatic rings. The average molecular weight is 212 g/mol. The first-order valence-electron chi connectivity index (χ1n) is 5.76. The number of carbonyl (C=O) groups excluding carboxylic acids is 2. The zero-order valence-electron chi connectivity index (χ0n) is 9.37. The Morgan fingerprint density at radius 3 is 2.73 bits per heavy atom. The molecule has 0 radical (unpaired) electrons. The largest absolute Gasteiger partial charge is 0.320 e. The van der Waals surface area contributed by atoms with Gasteiger partial charge in [0.2, 0.25) is 11.8 Å². The number of rotatable bonds is 5. The number of unbranched alkanes of at least 4 members (excludes halogenated alkanes) is 3. The molecule has 0 aromatic rings. The van der Waals surface area contributed by atoms with Crippen LogP contribution in [0.3, 0.4) is 0 Å². The second-order valence-corrected chi connectivity index (χ2v) is 4.09. The number of amides is 2. The van der Waals surface area contributed by atoms with E-state index < -0.39 is 6.04 Å². The maximum absolute atomic E-state index is 11.6. The summed E-state index contributed by atoms with van der Waals surface area (Å²) in [6, 6.07) is -0.464. The highest BCUT2D eigenvalue weighted by atomic mass is 16.2. The summed E-state index contributed by atoms with van der Waals surface area (Å²) in [4.78, 5) is 24.4. The molecule has 86 valence electrons. The molecule has 1 rings (SSSR count). The van der Waals surface area contributed by atoms with Crippen molar-refractivity contribution in [1.29, 1.82) is 0 Å². The normalized spacial score (nSPS) is 22.3. The van der Waals surface area contributed by atoms with Gasteiger partial charge in [0.1, 0.15) is 0 Å². The van der Waals surface area contributed by atoms with E-state index in [1.807, 2.05) is 0 Å². The third kappa shape index (κ3) is 3.30. The summed E-state index contributed by atoms with van der Waals surface area (Å²) in [5.41, 5.74) is 5.62. The molecule has 4 heteroatoms. The first-order valence-corrected chi connectivity index (χ1v) is 5.76. The lowest BCUT2D eigenvalue weighted by molar-refractivity contribution is -0.149. The van der Waals surface area contributed by atoms with Crippen molar-refractivity contribution < 1.29 is 9.59 Å². The minimum absolute atomic E-state index is 0.0572. The van der Waals surface area contributed by atoms with Crippen LogP contribution >= 0.6 is 0 Å². The molecule has 0 aromatic carbocycles. The highest BCUT2D eigenvalue weighted by Gasteiger charge is 2.31. The molecule has 0 bridgehead atoms. The zero-order chi connectivity index (χ0) is 11.3. The van der Waals surface area contributed by atoms with Crippen LogP contribution in [0.4, 0.5) is 0 Å².